The largest absolute Gasteiger partial charge is 0.353 e. The quantitative estimate of drug-likeness (QED) is 0.651. The third-order valence-corrected chi connectivity index (χ3v) is 5.19. The zero-order valence-corrected chi connectivity index (χ0v) is 11.9. The van der Waals surface area contributed by atoms with Gasteiger partial charge in [0, 0.05) is 17.9 Å². The lowest BCUT2D eigenvalue weighted by Gasteiger charge is -2.36. The lowest BCUT2D eigenvalue weighted by molar-refractivity contribution is -0.143. The van der Waals surface area contributed by atoms with Crippen molar-refractivity contribution in [3.8, 4) is 12.1 Å². The number of fused-ring (bicyclic) bond motifs is 1. The fourth-order valence-corrected chi connectivity index (χ4v) is 4.23. The molecule has 2 N–H and O–H groups in total. The maximum atomic E-state index is 12.4. The van der Waals surface area contributed by atoms with Gasteiger partial charge in [-0.2, -0.15) is 10.5 Å². The molecule has 0 aromatic carbocycles. The maximum absolute atomic E-state index is 12.4. The van der Waals surface area contributed by atoms with Gasteiger partial charge in [0.2, 0.25) is 17.7 Å². The van der Waals surface area contributed by atoms with Crippen LogP contribution in [0.2, 0.25) is 0 Å². The van der Waals surface area contributed by atoms with Crippen LogP contribution >= 0.6 is 0 Å². The van der Waals surface area contributed by atoms with Gasteiger partial charge < -0.3 is 5.32 Å². The number of carbonyl (C=O) groups is 3. The molecule has 7 heteroatoms. The number of hydrogen-bond acceptors (Lipinski definition) is 5. The average Bonchev–Trinajstić information content (AvgIpc) is 2.82. The molecule has 1 saturated carbocycles. The van der Waals surface area contributed by atoms with E-state index in [9.17, 15) is 24.9 Å². The summed E-state index contributed by atoms with van der Waals surface area (Å²) < 4.78 is 0. The molecule has 7 nitrogen and oxygen atoms in total. The summed E-state index contributed by atoms with van der Waals surface area (Å²) in [5.74, 6) is -5.38. The van der Waals surface area contributed by atoms with Crippen LogP contribution < -0.4 is 10.6 Å². The molecule has 3 amide bonds. The van der Waals surface area contributed by atoms with Crippen LogP contribution in [0.4, 0.5) is 0 Å². The smallest absolute Gasteiger partial charge is 0.244 e. The number of nitrogens with one attached hydrogen (secondary N) is 2. The Morgan fingerprint density at radius 2 is 1.50 bits per heavy atom. The Bertz CT molecular complexity index is 585. The van der Waals surface area contributed by atoms with Crippen LogP contribution in [0.15, 0.2) is 0 Å². The van der Waals surface area contributed by atoms with E-state index in [1.54, 1.807) is 0 Å². The van der Waals surface area contributed by atoms with E-state index in [4.69, 9.17) is 0 Å². The first-order valence-corrected chi connectivity index (χ1v) is 7.52. The van der Waals surface area contributed by atoms with Crippen molar-refractivity contribution in [1.82, 2.24) is 10.6 Å². The molecule has 22 heavy (non-hydrogen) atoms. The SMILES string of the molecule is N#C[C@@H]1C(=O)NC(=O)[C@H](C#N)C1[C@@H]1C(=O)N[C@H]2CCCC[C@@H]21. The van der Waals surface area contributed by atoms with Crippen LogP contribution in [0.3, 0.4) is 0 Å². The van der Waals surface area contributed by atoms with E-state index >= 15 is 0 Å². The zero-order valence-electron chi connectivity index (χ0n) is 11.9. The lowest BCUT2D eigenvalue weighted by atomic mass is 9.65. The monoisotopic (exact) mass is 300 g/mol. The maximum Gasteiger partial charge on any atom is 0.244 e. The highest BCUT2D eigenvalue weighted by molar-refractivity contribution is 6.03. The molecule has 1 aliphatic carbocycles. The summed E-state index contributed by atoms with van der Waals surface area (Å²) in [5, 5.41) is 23.6. The summed E-state index contributed by atoms with van der Waals surface area (Å²) in [6, 6.07) is 3.80. The molecule has 0 aromatic rings. The minimum absolute atomic E-state index is 0.00310. The van der Waals surface area contributed by atoms with Gasteiger partial charge in [-0.1, -0.05) is 12.8 Å². The highest BCUT2D eigenvalue weighted by Crippen LogP contribution is 2.44. The van der Waals surface area contributed by atoms with Gasteiger partial charge >= 0.3 is 0 Å². The molecule has 3 aliphatic rings. The Hall–Kier alpha value is -2.41. The van der Waals surface area contributed by atoms with Crippen molar-refractivity contribution in [2.75, 3.05) is 0 Å². The molecule has 114 valence electrons. The van der Waals surface area contributed by atoms with Crippen LogP contribution in [0.5, 0.6) is 0 Å². The first-order valence-electron chi connectivity index (χ1n) is 7.52. The molecule has 1 unspecified atom stereocenters. The second kappa shape index (κ2) is 5.42. The van der Waals surface area contributed by atoms with Gasteiger partial charge in [-0.15, -0.1) is 0 Å². The molecule has 0 bridgehead atoms. The second-order valence-corrected chi connectivity index (χ2v) is 6.23. The topological polar surface area (TPSA) is 123 Å². The highest BCUT2D eigenvalue weighted by Gasteiger charge is 2.56. The van der Waals surface area contributed by atoms with Crippen LogP contribution in [0.1, 0.15) is 25.7 Å². The fourth-order valence-electron chi connectivity index (χ4n) is 4.23. The van der Waals surface area contributed by atoms with E-state index in [2.05, 4.69) is 10.6 Å². The van der Waals surface area contributed by atoms with Crippen LogP contribution in [0, 0.1) is 52.3 Å². The molecule has 6 atom stereocenters. The Labute approximate surface area is 127 Å². The summed E-state index contributed by atoms with van der Waals surface area (Å²) >= 11 is 0. The van der Waals surface area contributed by atoms with Crippen molar-refractivity contribution >= 4 is 17.7 Å². The third kappa shape index (κ3) is 2.05. The lowest BCUT2D eigenvalue weighted by Crippen LogP contribution is -2.54. The van der Waals surface area contributed by atoms with Gasteiger partial charge in [-0.3, -0.25) is 19.7 Å². The summed E-state index contributed by atoms with van der Waals surface area (Å²) in [7, 11) is 0. The van der Waals surface area contributed by atoms with Gasteiger partial charge in [-0.05, 0) is 18.8 Å². The van der Waals surface area contributed by atoms with E-state index in [0.29, 0.717) is 0 Å². The predicted molar refractivity (Wildman–Crippen MR) is 72.2 cm³/mol. The van der Waals surface area contributed by atoms with Gasteiger partial charge in [0.15, 0.2) is 0 Å². The second-order valence-electron chi connectivity index (χ2n) is 6.23. The number of rotatable bonds is 1. The van der Waals surface area contributed by atoms with Crippen LogP contribution in [-0.2, 0) is 14.4 Å². The van der Waals surface area contributed by atoms with Crippen LogP contribution in [-0.4, -0.2) is 23.8 Å². The Balaban J connectivity index is 2.00. The number of hydrogen-bond donors (Lipinski definition) is 2. The van der Waals surface area contributed by atoms with Crippen molar-refractivity contribution in [2.24, 2.45) is 29.6 Å². The van der Waals surface area contributed by atoms with Crippen molar-refractivity contribution in [1.29, 1.82) is 10.5 Å². The van der Waals surface area contributed by atoms with Gasteiger partial charge in [0.1, 0.15) is 11.8 Å². The Morgan fingerprint density at radius 1 is 0.909 bits per heavy atom. The summed E-state index contributed by atoms with van der Waals surface area (Å²) in [5.41, 5.74) is 0. The molecular formula is C15H16N4O3. The Morgan fingerprint density at radius 3 is 2.09 bits per heavy atom. The van der Waals surface area contributed by atoms with Crippen molar-refractivity contribution in [3.05, 3.63) is 0 Å². The van der Waals surface area contributed by atoms with Crippen molar-refractivity contribution in [2.45, 2.75) is 31.7 Å². The molecule has 2 aliphatic heterocycles. The molecule has 3 rings (SSSR count). The molecular weight excluding hydrogens is 284 g/mol. The molecule has 2 saturated heterocycles. The number of imide groups is 1. The van der Waals surface area contributed by atoms with E-state index in [1.165, 1.54) is 0 Å². The highest BCUT2D eigenvalue weighted by atomic mass is 16.2. The summed E-state index contributed by atoms with van der Waals surface area (Å²) in [4.78, 5) is 36.3. The molecule has 0 spiro atoms. The number of nitrogens with zero attached hydrogens (tertiary/aromatic N) is 2. The standard InChI is InChI=1S/C15H16N4O3/c16-5-8-11(9(6-17)14(21)19-13(8)20)12-7-3-1-2-4-10(7)18-15(12)22/h7-12H,1-4H2,(H,18,22)(H,19,20,21)/t7-,8-,9+,10-,11?,12+/m0/s1. The number of piperidine rings is 1. The number of nitriles is 2. The van der Waals surface area contributed by atoms with Gasteiger partial charge in [0.25, 0.3) is 0 Å². The van der Waals surface area contributed by atoms with E-state index in [-0.39, 0.29) is 17.9 Å². The summed E-state index contributed by atoms with van der Waals surface area (Å²) in [6.45, 7) is 0. The van der Waals surface area contributed by atoms with Crippen LogP contribution in [0.25, 0.3) is 0 Å². The normalized spacial score (nSPS) is 40.9. The summed E-state index contributed by atoms with van der Waals surface area (Å²) in [6.07, 6.45) is 3.69. The first kappa shape index (κ1) is 14.5. The number of carbonyl (C=O) groups excluding carboxylic acids is 3. The first-order chi connectivity index (χ1) is 10.6. The average molecular weight is 300 g/mol. The van der Waals surface area contributed by atoms with E-state index in [1.807, 2.05) is 12.1 Å². The fraction of sp³-hybridized carbons (Fsp3) is 0.667. The zero-order chi connectivity index (χ0) is 15.9. The van der Waals surface area contributed by atoms with E-state index in [0.717, 1.165) is 25.7 Å². The third-order valence-electron chi connectivity index (χ3n) is 5.19. The Kier molecular flexibility index (Phi) is 3.58. The molecule has 0 aromatic heterocycles. The van der Waals surface area contributed by atoms with Crippen molar-refractivity contribution < 1.29 is 14.4 Å². The molecule has 0 radical (unpaired) electrons. The van der Waals surface area contributed by atoms with E-state index < -0.39 is 35.5 Å². The minimum atomic E-state index is -1.14. The predicted octanol–water partition coefficient (Wildman–Crippen LogP) is -0.157. The minimum Gasteiger partial charge on any atom is -0.353 e. The van der Waals surface area contributed by atoms with Gasteiger partial charge in [-0.25, -0.2) is 0 Å². The van der Waals surface area contributed by atoms with Gasteiger partial charge in [0.05, 0.1) is 12.1 Å². The molecule has 2 heterocycles. The molecule has 3 fully saturated rings. The number of amides is 3. The van der Waals surface area contributed by atoms with Crippen molar-refractivity contribution in [3.63, 3.8) is 0 Å².